The van der Waals surface area contributed by atoms with Crippen LogP contribution in [0.3, 0.4) is 0 Å². The quantitative estimate of drug-likeness (QED) is 0.514. The molecule has 1 unspecified atom stereocenters. The highest BCUT2D eigenvalue weighted by atomic mass is 35.5. The number of benzene rings is 1. The Labute approximate surface area is 226 Å². The van der Waals surface area contributed by atoms with E-state index >= 15 is 0 Å². The van der Waals surface area contributed by atoms with Gasteiger partial charge in [0.15, 0.2) is 0 Å². The number of fused-ring (bicyclic) bond motifs is 1. The second-order valence-corrected chi connectivity index (χ2v) is 11.0. The highest BCUT2D eigenvalue weighted by molar-refractivity contribution is 6.30. The summed E-state index contributed by atoms with van der Waals surface area (Å²) in [5.41, 5.74) is 8.09. The molecule has 0 spiro atoms. The Morgan fingerprint density at radius 3 is 2.66 bits per heavy atom. The number of likely N-dealkylation sites (N-methyl/N-ethyl adjacent to an activating group) is 1. The van der Waals surface area contributed by atoms with Gasteiger partial charge < -0.3 is 20.4 Å². The van der Waals surface area contributed by atoms with E-state index in [-0.39, 0.29) is 22.4 Å². The first-order valence-electron chi connectivity index (χ1n) is 12.6. The summed E-state index contributed by atoms with van der Waals surface area (Å²) in [6.45, 7) is 5.93. The Balaban J connectivity index is 1.35. The van der Waals surface area contributed by atoms with E-state index in [0.717, 1.165) is 24.2 Å². The van der Waals surface area contributed by atoms with Crippen LogP contribution in [0.15, 0.2) is 48.7 Å². The predicted molar refractivity (Wildman–Crippen MR) is 146 cm³/mol. The number of hydrogen-bond acceptors (Lipinski definition) is 6. The van der Waals surface area contributed by atoms with Crippen molar-refractivity contribution in [2.45, 2.75) is 38.1 Å². The zero-order valence-corrected chi connectivity index (χ0v) is 22.4. The molecule has 2 aliphatic rings. The minimum absolute atomic E-state index is 0.0702. The molecule has 38 heavy (non-hydrogen) atoms. The number of likely N-dealkylation sites (tertiary alicyclic amines) is 1. The summed E-state index contributed by atoms with van der Waals surface area (Å²) in [6, 6.07) is 11.9. The Morgan fingerprint density at radius 2 is 1.97 bits per heavy atom. The smallest absolute Gasteiger partial charge is 0.272 e. The first-order chi connectivity index (χ1) is 18.0. The average Bonchev–Trinajstić information content (AvgIpc) is 3.19. The number of rotatable bonds is 5. The molecule has 0 radical (unpaired) electrons. The molecule has 1 saturated heterocycles. The minimum atomic E-state index is -0.519. The van der Waals surface area contributed by atoms with Crippen molar-refractivity contribution in [1.82, 2.24) is 14.9 Å². The van der Waals surface area contributed by atoms with Crippen LogP contribution < -0.4 is 15.5 Å². The van der Waals surface area contributed by atoms with Gasteiger partial charge in [0.25, 0.3) is 5.91 Å². The van der Waals surface area contributed by atoms with Gasteiger partial charge in [-0.15, -0.1) is 0 Å². The number of aromatic nitrogens is 2. The van der Waals surface area contributed by atoms with Crippen molar-refractivity contribution in [2.24, 2.45) is 5.73 Å². The van der Waals surface area contributed by atoms with Crippen LogP contribution in [0.2, 0.25) is 5.02 Å². The minimum Gasteiger partial charge on any atom is -0.366 e. The number of nitrogens with two attached hydrogens (primary N) is 1. The van der Waals surface area contributed by atoms with Gasteiger partial charge in [0.1, 0.15) is 17.3 Å². The van der Waals surface area contributed by atoms with Crippen LogP contribution in [0.25, 0.3) is 0 Å². The number of hydrogen-bond donors (Lipinski definition) is 1. The number of amides is 2. The van der Waals surface area contributed by atoms with Gasteiger partial charge in [-0.3, -0.25) is 9.59 Å². The molecule has 0 bridgehead atoms. The van der Waals surface area contributed by atoms with Crippen LogP contribution in [0.1, 0.15) is 53.2 Å². The lowest BCUT2D eigenvalue weighted by molar-refractivity contribution is 0.0700. The number of pyridine rings is 2. The third-order valence-electron chi connectivity index (χ3n) is 7.42. The molecule has 0 aliphatic carbocycles. The van der Waals surface area contributed by atoms with Crippen LogP contribution in [-0.2, 0) is 5.41 Å². The standard InChI is InChI=1S/C28H30ClFN6O2/c1-28(2)16-36(18-7-8-20(29)21(30)13-18)23-10-9-22(33-25(23)28)27(38)35-12-4-5-19(15-35)34(3)24-11-6-17(14-32-24)26(31)37/h6-11,13-14,19H,4-5,12,15-16H2,1-3H3,(H2,31,37). The Bertz CT molecular complexity index is 1400. The lowest BCUT2D eigenvalue weighted by atomic mass is 9.91. The maximum absolute atomic E-state index is 14.2. The van der Waals surface area contributed by atoms with Crippen LogP contribution >= 0.6 is 11.6 Å². The molecule has 3 aromatic rings. The fraction of sp³-hybridized carbons (Fsp3) is 0.357. The van der Waals surface area contributed by atoms with E-state index in [4.69, 9.17) is 22.3 Å². The van der Waals surface area contributed by atoms with Crippen molar-refractivity contribution in [1.29, 1.82) is 0 Å². The first-order valence-corrected chi connectivity index (χ1v) is 12.9. The molecular weight excluding hydrogens is 507 g/mol. The Kier molecular flexibility index (Phi) is 6.73. The average molecular weight is 537 g/mol. The third kappa shape index (κ3) is 4.78. The SMILES string of the molecule is CN(c1ccc(C(N)=O)cn1)C1CCCN(C(=O)c2ccc3c(n2)C(C)(C)CN3c2ccc(Cl)c(F)c2)C1. The number of halogens is 2. The van der Waals surface area contributed by atoms with Gasteiger partial charge in [-0.05, 0) is 55.3 Å². The third-order valence-corrected chi connectivity index (χ3v) is 7.72. The molecule has 10 heteroatoms. The van der Waals surface area contributed by atoms with Crippen molar-refractivity contribution in [3.8, 4) is 0 Å². The molecule has 1 atom stereocenters. The monoisotopic (exact) mass is 536 g/mol. The molecule has 2 amide bonds. The summed E-state index contributed by atoms with van der Waals surface area (Å²) in [4.78, 5) is 40.0. The van der Waals surface area contributed by atoms with E-state index in [1.54, 1.807) is 30.3 Å². The van der Waals surface area contributed by atoms with Gasteiger partial charge >= 0.3 is 0 Å². The van der Waals surface area contributed by atoms with Gasteiger partial charge in [-0.1, -0.05) is 25.4 Å². The fourth-order valence-electron chi connectivity index (χ4n) is 5.27. The maximum Gasteiger partial charge on any atom is 0.272 e. The van der Waals surface area contributed by atoms with Gasteiger partial charge in [0.2, 0.25) is 5.91 Å². The van der Waals surface area contributed by atoms with Crippen LogP contribution in [0, 0.1) is 5.82 Å². The lowest BCUT2D eigenvalue weighted by Crippen LogP contribution is -2.49. The molecule has 0 saturated carbocycles. The summed E-state index contributed by atoms with van der Waals surface area (Å²) < 4.78 is 14.2. The lowest BCUT2D eigenvalue weighted by Gasteiger charge is -2.38. The largest absolute Gasteiger partial charge is 0.366 e. The second-order valence-electron chi connectivity index (χ2n) is 10.6. The van der Waals surface area contributed by atoms with Crippen LogP contribution in [0.4, 0.5) is 21.6 Å². The van der Waals surface area contributed by atoms with Gasteiger partial charge in [-0.25, -0.2) is 14.4 Å². The number of primary amides is 1. The molecule has 2 aromatic heterocycles. The van der Waals surface area contributed by atoms with E-state index in [9.17, 15) is 14.0 Å². The maximum atomic E-state index is 14.2. The molecule has 4 heterocycles. The molecule has 1 fully saturated rings. The number of anilines is 3. The molecule has 2 N–H and O–H groups in total. The molecule has 198 valence electrons. The number of carbonyl (C=O) groups excluding carboxylic acids is 2. The highest BCUT2D eigenvalue weighted by Gasteiger charge is 2.39. The van der Waals surface area contributed by atoms with Crippen LogP contribution in [-0.4, -0.2) is 59.4 Å². The van der Waals surface area contributed by atoms with Crippen molar-refractivity contribution in [3.05, 3.63) is 76.5 Å². The zero-order chi connectivity index (χ0) is 27.2. The summed E-state index contributed by atoms with van der Waals surface area (Å²) in [6.07, 6.45) is 3.24. The van der Waals surface area contributed by atoms with Crippen molar-refractivity contribution in [3.63, 3.8) is 0 Å². The van der Waals surface area contributed by atoms with Gasteiger partial charge in [0.05, 0.1) is 22.0 Å². The van der Waals surface area contributed by atoms with Crippen molar-refractivity contribution >= 4 is 40.6 Å². The van der Waals surface area contributed by atoms with Crippen molar-refractivity contribution in [2.75, 3.05) is 36.5 Å². The topological polar surface area (TPSA) is 95.7 Å². The van der Waals surface area contributed by atoms with E-state index in [1.807, 2.05) is 27.8 Å². The predicted octanol–water partition coefficient (Wildman–Crippen LogP) is 4.54. The summed E-state index contributed by atoms with van der Waals surface area (Å²) >= 11 is 5.88. The summed E-state index contributed by atoms with van der Waals surface area (Å²) in [5, 5.41) is 0.0791. The highest BCUT2D eigenvalue weighted by Crippen LogP contribution is 2.43. The second kappa shape index (κ2) is 9.87. The van der Waals surface area contributed by atoms with Gasteiger partial charge in [0, 0.05) is 50.0 Å². The van der Waals surface area contributed by atoms with Crippen molar-refractivity contribution < 1.29 is 14.0 Å². The number of carbonyl (C=O) groups is 2. The summed E-state index contributed by atoms with van der Waals surface area (Å²) in [5.74, 6) is -0.395. The van der Waals surface area contributed by atoms with E-state index in [0.29, 0.717) is 42.4 Å². The summed E-state index contributed by atoms with van der Waals surface area (Å²) in [7, 11) is 1.94. The van der Waals surface area contributed by atoms with E-state index in [2.05, 4.69) is 18.8 Å². The van der Waals surface area contributed by atoms with Crippen LogP contribution in [0.5, 0.6) is 0 Å². The normalized spacial score (nSPS) is 18.3. The molecule has 1 aromatic carbocycles. The number of piperidine rings is 1. The van der Waals surface area contributed by atoms with Gasteiger partial charge in [-0.2, -0.15) is 0 Å². The fourth-order valence-corrected chi connectivity index (χ4v) is 5.39. The van der Waals surface area contributed by atoms with E-state index in [1.165, 1.54) is 12.3 Å². The molecule has 2 aliphatic heterocycles. The van der Waals surface area contributed by atoms with E-state index < -0.39 is 11.7 Å². The molecule has 8 nitrogen and oxygen atoms in total. The molecular formula is C28H30ClFN6O2. The zero-order valence-electron chi connectivity index (χ0n) is 21.6. The Morgan fingerprint density at radius 1 is 1.18 bits per heavy atom. The molecule has 5 rings (SSSR count). The Hall–Kier alpha value is -3.72. The first kappa shape index (κ1) is 25.9. The number of nitrogens with zero attached hydrogens (tertiary/aromatic N) is 5.